The summed E-state index contributed by atoms with van der Waals surface area (Å²) in [5.41, 5.74) is 2.45. The van der Waals surface area contributed by atoms with E-state index in [1.807, 2.05) is 12.1 Å². The molecule has 1 fully saturated rings. The summed E-state index contributed by atoms with van der Waals surface area (Å²) in [7, 11) is 1.65. The molecule has 2 aromatic rings. The number of likely N-dealkylation sites (tertiary alicyclic amines) is 1. The quantitative estimate of drug-likeness (QED) is 0.747. The van der Waals surface area contributed by atoms with E-state index in [0.717, 1.165) is 43.6 Å². The van der Waals surface area contributed by atoms with Gasteiger partial charge in [-0.3, -0.25) is 9.69 Å². The lowest BCUT2D eigenvalue weighted by Gasteiger charge is -2.33. The molecule has 1 atom stereocenters. The first kappa shape index (κ1) is 19.8. The second-order valence-corrected chi connectivity index (χ2v) is 7.14. The SMILES string of the molecule is CN(CC(=O)O)c1ncc(CN2CCC[C@H](c3ccc(C(=O)O)cc3)C2)cn1. The lowest BCUT2D eigenvalue weighted by Crippen LogP contribution is -2.34. The number of anilines is 1. The normalized spacial score (nSPS) is 17.2. The number of aliphatic carboxylic acids is 1. The Balaban J connectivity index is 1.60. The molecule has 0 unspecified atom stereocenters. The van der Waals surface area contributed by atoms with Gasteiger partial charge in [-0.15, -0.1) is 0 Å². The predicted molar refractivity (Wildman–Crippen MR) is 104 cm³/mol. The van der Waals surface area contributed by atoms with Crippen LogP contribution in [0.2, 0.25) is 0 Å². The molecule has 2 N–H and O–H groups in total. The summed E-state index contributed by atoms with van der Waals surface area (Å²) in [4.78, 5) is 34.2. The summed E-state index contributed by atoms with van der Waals surface area (Å²) in [5.74, 6) is -1.07. The minimum atomic E-state index is -0.925. The van der Waals surface area contributed by atoms with Gasteiger partial charge >= 0.3 is 11.9 Å². The van der Waals surface area contributed by atoms with Crippen molar-refractivity contribution in [1.29, 1.82) is 0 Å². The number of piperidine rings is 1. The first-order valence-electron chi connectivity index (χ1n) is 9.22. The fourth-order valence-corrected chi connectivity index (χ4v) is 3.53. The van der Waals surface area contributed by atoms with Crippen LogP contribution in [0.15, 0.2) is 36.7 Å². The number of rotatable bonds is 7. The van der Waals surface area contributed by atoms with Gasteiger partial charge in [0.15, 0.2) is 0 Å². The third-order valence-corrected chi connectivity index (χ3v) is 4.95. The molecule has 1 saturated heterocycles. The zero-order valence-corrected chi connectivity index (χ0v) is 15.8. The van der Waals surface area contributed by atoms with Crippen LogP contribution in [0.1, 0.15) is 40.2 Å². The molecule has 8 nitrogen and oxygen atoms in total. The van der Waals surface area contributed by atoms with Crippen LogP contribution in [0.5, 0.6) is 0 Å². The number of benzene rings is 1. The predicted octanol–water partition coefficient (Wildman–Crippen LogP) is 2.08. The van der Waals surface area contributed by atoms with Crippen molar-refractivity contribution in [3.63, 3.8) is 0 Å². The highest BCUT2D eigenvalue weighted by Crippen LogP contribution is 2.28. The zero-order valence-electron chi connectivity index (χ0n) is 15.8. The number of nitrogens with zero attached hydrogens (tertiary/aromatic N) is 4. The summed E-state index contributed by atoms with van der Waals surface area (Å²) in [5, 5.41) is 17.9. The van der Waals surface area contributed by atoms with Crippen molar-refractivity contribution < 1.29 is 19.8 Å². The van der Waals surface area contributed by atoms with Gasteiger partial charge in [0.2, 0.25) is 5.95 Å². The summed E-state index contributed by atoms with van der Waals surface area (Å²) in [6.07, 6.45) is 5.64. The van der Waals surface area contributed by atoms with Crippen molar-refractivity contribution in [2.45, 2.75) is 25.3 Å². The van der Waals surface area contributed by atoms with Gasteiger partial charge in [-0.2, -0.15) is 0 Å². The summed E-state index contributed by atoms with van der Waals surface area (Å²) in [6, 6.07) is 7.15. The van der Waals surface area contributed by atoms with Crippen LogP contribution in [-0.2, 0) is 11.3 Å². The van der Waals surface area contributed by atoms with E-state index in [1.54, 1.807) is 31.6 Å². The fraction of sp³-hybridized carbons (Fsp3) is 0.400. The van der Waals surface area contributed by atoms with Gasteiger partial charge in [-0.25, -0.2) is 14.8 Å². The van der Waals surface area contributed by atoms with E-state index >= 15 is 0 Å². The molecular formula is C20H24N4O4. The topological polar surface area (TPSA) is 107 Å². The maximum absolute atomic E-state index is 11.0. The maximum atomic E-state index is 11.0. The fourth-order valence-electron chi connectivity index (χ4n) is 3.53. The molecule has 1 aromatic heterocycles. The van der Waals surface area contributed by atoms with E-state index in [9.17, 15) is 9.59 Å². The van der Waals surface area contributed by atoms with Gasteiger partial charge in [0, 0.05) is 38.1 Å². The van der Waals surface area contributed by atoms with E-state index < -0.39 is 11.9 Å². The monoisotopic (exact) mass is 384 g/mol. The molecule has 0 bridgehead atoms. The van der Waals surface area contributed by atoms with E-state index in [-0.39, 0.29) is 6.54 Å². The molecular weight excluding hydrogens is 360 g/mol. The smallest absolute Gasteiger partial charge is 0.335 e. The van der Waals surface area contributed by atoms with Crippen molar-refractivity contribution >= 4 is 17.9 Å². The molecule has 0 aliphatic carbocycles. The van der Waals surface area contributed by atoms with Crippen molar-refractivity contribution in [3.05, 3.63) is 53.3 Å². The largest absolute Gasteiger partial charge is 0.480 e. The highest BCUT2D eigenvalue weighted by atomic mass is 16.4. The number of carboxylic acids is 2. The standard InChI is InChI=1S/C20H24N4O4/c1-23(13-18(25)26)20-21-9-14(10-22-20)11-24-8-2-3-17(12-24)15-4-6-16(7-5-15)19(27)28/h4-7,9-10,17H,2-3,8,11-13H2,1H3,(H,25,26)(H,27,28)/t17-/m0/s1. The van der Waals surface area contributed by atoms with Crippen molar-refractivity contribution in [2.24, 2.45) is 0 Å². The van der Waals surface area contributed by atoms with Gasteiger partial charge < -0.3 is 15.1 Å². The van der Waals surface area contributed by atoms with Crippen molar-refractivity contribution in [3.8, 4) is 0 Å². The van der Waals surface area contributed by atoms with E-state index in [4.69, 9.17) is 10.2 Å². The second kappa shape index (κ2) is 8.79. The Labute approximate surface area is 163 Å². The van der Waals surface area contributed by atoms with Gasteiger partial charge in [-0.1, -0.05) is 12.1 Å². The number of hydrogen-bond acceptors (Lipinski definition) is 6. The Morgan fingerprint density at radius 1 is 1.18 bits per heavy atom. The third kappa shape index (κ3) is 5.04. The molecule has 28 heavy (non-hydrogen) atoms. The Bertz CT molecular complexity index is 823. The molecule has 2 heterocycles. The van der Waals surface area contributed by atoms with Crippen molar-refractivity contribution in [2.75, 3.05) is 31.6 Å². The Morgan fingerprint density at radius 2 is 1.86 bits per heavy atom. The third-order valence-electron chi connectivity index (χ3n) is 4.95. The molecule has 1 aliphatic heterocycles. The van der Waals surface area contributed by atoms with Crippen LogP contribution < -0.4 is 4.90 Å². The lowest BCUT2D eigenvalue weighted by molar-refractivity contribution is -0.135. The molecule has 0 amide bonds. The van der Waals surface area contributed by atoms with Crippen molar-refractivity contribution in [1.82, 2.24) is 14.9 Å². The molecule has 0 spiro atoms. The van der Waals surface area contributed by atoms with Crippen LogP contribution in [-0.4, -0.2) is 63.7 Å². The second-order valence-electron chi connectivity index (χ2n) is 7.14. The number of aromatic carboxylic acids is 1. The van der Waals surface area contributed by atoms with Crippen LogP contribution in [0.3, 0.4) is 0 Å². The van der Waals surface area contributed by atoms with E-state index in [2.05, 4.69) is 14.9 Å². The minimum Gasteiger partial charge on any atom is -0.480 e. The lowest BCUT2D eigenvalue weighted by atomic mass is 9.90. The molecule has 8 heteroatoms. The average Bonchev–Trinajstić information content (AvgIpc) is 2.68. The van der Waals surface area contributed by atoms with Gasteiger partial charge in [0.25, 0.3) is 0 Å². The first-order valence-corrected chi connectivity index (χ1v) is 9.22. The summed E-state index contributed by atoms with van der Waals surface area (Å²) < 4.78 is 0. The number of hydrogen-bond donors (Lipinski definition) is 2. The number of aromatic nitrogens is 2. The Kier molecular flexibility index (Phi) is 6.20. The highest BCUT2D eigenvalue weighted by Gasteiger charge is 2.22. The van der Waals surface area contributed by atoms with E-state index in [0.29, 0.717) is 17.4 Å². The summed E-state index contributed by atoms with van der Waals surface area (Å²) in [6.45, 7) is 2.47. The summed E-state index contributed by atoms with van der Waals surface area (Å²) >= 11 is 0. The van der Waals surface area contributed by atoms with Gasteiger partial charge in [-0.05, 0) is 43.0 Å². The Morgan fingerprint density at radius 3 is 2.46 bits per heavy atom. The number of carboxylic acid groups (broad SMARTS) is 2. The first-order chi connectivity index (χ1) is 13.4. The highest BCUT2D eigenvalue weighted by molar-refractivity contribution is 5.87. The van der Waals surface area contributed by atoms with E-state index in [1.165, 1.54) is 4.90 Å². The van der Waals surface area contributed by atoms with Crippen LogP contribution in [0.25, 0.3) is 0 Å². The van der Waals surface area contributed by atoms with Gasteiger partial charge in [0.05, 0.1) is 5.56 Å². The Hall–Kier alpha value is -3.00. The average molecular weight is 384 g/mol. The van der Waals surface area contributed by atoms with Crippen LogP contribution >= 0.6 is 0 Å². The maximum Gasteiger partial charge on any atom is 0.335 e. The van der Waals surface area contributed by atoms with Crippen LogP contribution in [0.4, 0.5) is 5.95 Å². The molecule has 1 aromatic carbocycles. The number of carbonyl (C=O) groups is 2. The minimum absolute atomic E-state index is 0.145. The molecule has 0 saturated carbocycles. The van der Waals surface area contributed by atoms with Crippen LogP contribution in [0, 0.1) is 0 Å². The zero-order chi connectivity index (χ0) is 20.1. The molecule has 148 valence electrons. The number of likely N-dealkylation sites (N-methyl/N-ethyl adjacent to an activating group) is 1. The molecule has 0 radical (unpaired) electrons. The molecule has 1 aliphatic rings. The van der Waals surface area contributed by atoms with Gasteiger partial charge in [0.1, 0.15) is 6.54 Å². The molecule has 3 rings (SSSR count).